The fourth-order valence-electron chi connectivity index (χ4n) is 2.94. The Morgan fingerprint density at radius 2 is 2.00 bits per heavy atom. The van der Waals surface area contributed by atoms with E-state index >= 15 is 0 Å². The van der Waals surface area contributed by atoms with Gasteiger partial charge in [0.15, 0.2) is 0 Å². The van der Waals surface area contributed by atoms with Gasteiger partial charge in [0.25, 0.3) is 0 Å². The highest BCUT2D eigenvalue weighted by molar-refractivity contribution is 7.89. The number of nitrogens with one attached hydrogen (secondary N) is 1. The van der Waals surface area contributed by atoms with Crippen LogP contribution in [-0.4, -0.2) is 39.5 Å². The maximum absolute atomic E-state index is 13.1. The van der Waals surface area contributed by atoms with Crippen molar-refractivity contribution in [2.75, 3.05) is 26.7 Å². The van der Waals surface area contributed by atoms with E-state index in [4.69, 9.17) is 16.3 Å². The third kappa shape index (κ3) is 3.28. The molecule has 128 valence electrons. The monoisotopic (exact) mass is 366 g/mol. The summed E-state index contributed by atoms with van der Waals surface area (Å²) in [6.45, 7) is 1.52. The topological polar surface area (TPSA) is 58.6 Å². The Kier molecular flexibility index (Phi) is 5.10. The maximum atomic E-state index is 13.1. The molecule has 0 amide bonds. The Labute approximate surface area is 147 Å². The van der Waals surface area contributed by atoms with Crippen LogP contribution < -0.4 is 10.1 Å². The highest BCUT2D eigenvalue weighted by Gasteiger charge is 2.35. The highest BCUT2D eigenvalue weighted by Crippen LogP contribution is 2.34. The second kappa shape index (κ2) is 7.11. The van der Waals surface area contributed by atoms with Gasteiger partial charge in [-0.15, -0.1) is 0 Å². The van der Waals surface area contributed by atoms with Crippen molar-refractivity contribution < 1.29 is 13.2 Å². The molecule has 5 nitrogen and oxygen atoms in total. The van der Waals surface area contributed by atoms with Crippen LogP contribution in [0.1, 0.15) is 11.6 Å². The summed E-state index contributed by atoms with van der Waals surface area (Å²) in [4.78, 5) is 0.205. The molecule has 1 heterocycles. The first-order valence-electron chi connectivity index (χ1n) is 7.65. The summed E-state index contributed by atoms with van der Waals surface area (Å²) in [5, 5.41) is 3.66. The minimum Gasteiger partial charge on any atom is -0.496 e. The van der Waals surface area contributed by atoms with Crippen LogP contribution >= 0.6 is 11.6 Å². The average molecular weight is 367 g/mol. The molecular formula is C17H19ClN2O3S. The number of benzene rings is 2. The standard InChI is InChI=1S/C17H19ClN2O3S/c1-23-17-8-3-2-7-15(17)16-12-19-9-10-20(16)24(21,22)14-6-4-5-13(18)11-14/h2-8,11,16,19H,9-10,12H2,1H3. The number of piperazine rings is 1. The van der Waals surface area contributed by atoms with Crippen LogP contribution in [0.3, 0.4) is 0 Å². The van der Waals surface area contributed by atoms with E-state index in [0.29, 0.717) is 30.4 Å². The first kappa shape index (κ1) is 17.2. The highest BCUT2D eigenvalue weighted by atomic mass is 35.5. The normalized spacial score (nSPS) is 19.2. The molecule has 0 saturated carbocycles. The van der Waals surface area contributed by atoms with Gasteiger partial charge in [0.2, 0.25) is 10.0 Å². The van der Waals surface area contributed by atoms with E-state index in [9.17, 15) is 8.42 Å². The smallest absolute Gasteiger partial charge is 0.243 e. The molecule has 7 heteroatoms. The summed E-state index contributed by atoms with van der Waals surface area (Å²) in [6.07, 6.45) is 0. The predicted molar refractivity (Wildman–Crippen MR) is 93.9 cm³/mol. The number of halogens is 1. The quantitative estimate of drug-likeness (QED) is 0.903. The lowest BCUT2D eigenvalue weighted by Crippen LogP contribution is -2.48. The molecule has 1 unspecified atom stereocenters. The second-order valence-corrected chi connectivity index (χ2v) is 7.86. The van der Waals surface area contributed by atoms with Gasteiger partial charge in [-0.2, -0.15) is 4.31 Å². The molecule has 0 aromatic heterocycles. The first-order valence-corrected chi connectivity index (χ1v) is 9.47. The van der Waals surface area contributed by atoms with Gasteiger partial charge >= 0.3 is 0 Å². The van der Waals surface area contributed by atoms with Crippen LogP contribution in [0.4, 0.5) is 0 Å². The van der Waals surface area contributed by atoms with Gasteiger partial charge in [0.1, 0.15) is 5.75 Å². The van der Waals surface area contributed by atoms with Crippen molar-refractivity contribution in [1.29, 1.82) is 0 Å². The van der Waals surface area contributed by atoms with Gasteiger partial charge in [-0.3, -0.25) is 0 Å². The van der Waals surface area contributed by atoms with Crippen molar-refractivity contribution in [3.05, 3.63) is 59.1 Å². The Morgan fingerprint density at radius 1 is 1.21 bits per heavy atom. The second-order valence-electron chi connectivity index (χ2n) is 5.54. The van der Waals surface area contributed by atoms with E-state index < -0.39 is 10.0 Å². The average Bonchev–Trinajstić information content (AvgIpc) is 2.61. The zero-order chi connectivity index (χ0) is 17.2. The van der Waals surface area contributed by atoms with E-state index in [1.165, 1.54) is 10.4 Å². The van der Waals surface area contributed by atoms with Crippen molar-refractivity contribution in [3.63, 3.8) is 0 Å². The summed E-state index contributed by atoms with van der Waals surface area (Å²) < 4.78 is 33.2. The minimum atomic E-state index is -3.65. The fraction of sp³-hybridized carbons (Fsp3) is 0.294. The third-order valence-corrected chi connectivity index (χ3v) is 6.23. The molecule has 1 fully saturated rings. The molecule has 3 rings (SSSR count). The molecule has 2 aromatic carbocycles. The van der Waals surface area contributed by atoms with Gasteiger partial charge in [-0.25, -0.2) is 8.42 Å². The van der Waals surface area contributed by atoms with Crippen LogP contribution in [-0.2, 0) is 10.0 Å². The lowest BCUT2D eigenvalue weighted by molar-refractivity contribution is 0.264. The molecule has 2 aromatic rings. The van der Waals surface area contributed by atoms with Crippen LogP contribution in [0.25, 0.3) is 0 Å². The van der Waals surface area contributed by atoms with Crippen molar-refractivity contribution in [3.8, 4) is 5.75 Å². The largest absolute Gasteiger partial charge is 0.496 e. The van der Waals surface area contributed by atoms with Crippen LogP contribution in [0.15, 0.2) is 53.4 Å². The molecule has 1 aliphatic heterocycles. The number of ether oxygens (including phenoxy) is 1. The minimum absolute atomic E-state index is 0.205. The molecule has 1 N–H and O–H groups in total. The first-order chi connectivity index (χ1) is 11.5. The molecule has 0 bridgehead atoms. The zero-order valence-electron chi connectivity index (χ0n) is 13.3. The summed E-state index contributed by atoms with van der Waals surface area (Å²) in [6, 6.07) is 13.5. The van der Waals surface area contributed by atoms with E-state index in [0.717, 1.165) is 5.56 Å². The summed E-state index contributed by atoms with van der Waals surface area (Å²) in [7, 11) is -2.07. The number of rotatable bonds is 4. The summed E-state index contributed by atoms with van der Waals surface area (Å²) in [5.74, 6) is 0.678. The lowest BCUT2D eigenvalue weighted by Gasteiger charge is -2.36. The number of sulfonamides is 1. The molecule has 1 aliphatic rings. The summed E-state index contributed by atoms with van der Waals surface area (Å²) >= 11 is 5.98. The van der Waals surface area contributed by atoms with Gasteiger partial charge in [0.05, 0.1) is 18.0 Å². The molecule has 1 saturated heterocycles. The maximum Gasteiger partial charge on any atom is 0.243 e. The Bertz CT molecular complexity index is 826. The van der Waals surface area contributed by atoms with Crippen LogP contribution in [0, 0.1) is 0 Å². The van der Waals surface area contributed by atoms with E-state index in [1.807, 2.05) is 24.3 Å². The molecule has 0 spiro atoms. The number of nitrogens with zero attached hydrogens (tertiary/aromatic N) is 1. The van der Waals surface area contributed by atoms with Crippen molar-refractivity contribution >= 4 is 21.6 Å². The number of hydrogen-bond donors (Lipinski definition) is 1. The Hall–Kier alpha value is -1.60. The lowest BCUT2D eigenvalue weighted by atomic mass is 10.0. The molecule has 1 atom stereocenters. The van der Waals surface area contributed by atoms with E-state index in [-0.39, 0.29) is 10.9 Å². The van der Waals surface area contributed by atoms with Crippen molar-refractivity contribution in [1.82, 2.24) is 9.62 Å². The third-order valence-electron chi connectivity index (χ3n) is 4.09. The van der Waals surface area contributed by atoms with E-state index in [1.54, 1.807) is 25.3 Å². The Morgan fingerprint density at radius 3 is 2.75 bits per heavy atom. The predicted octanol–water partition coefficient (Wildman–Crippen LogP) is 2.68. The molecular weight excluding hydrogens is 348 g/mol. The Balaban J connectivity index is 2.04. The molecule has 0 aliphatic carbocycles. The number of para-hydroxylation sites is 1. The molecule has 0 radical (unpaired) electrons. The van der Waals surface area contributed by atoms with Gasteiger partial charge in [0, 0.05) is 30.2 Å². The number of methoxy groups -OCH3 is 1. The van der Waals surface area contributed by atoms with Crippen LogP contribution in [0.2, 0.25) is 5.02 Å². The van der Waals surface area contributed by atoms with E-state index in [2.05, 4.69) is 5.32 Å². The van der Waals surface area contributed by atoms with Gasteiger partial charge in [-0.05, 0) is 24.3 Å². The fourth-order valence-corrected chi connectivity index (χ4v) is 4.85. The molecule has 24 heavy (non-hydrogen) atoms. The zero-order valence-corrected chi connectivity index (χ0v) is 14.8. The van der Waals surface area contributed by atoms with Gasteiger partial charge < -0.3 is 10.1 Å². The number of hydrogen-bond acceptors (Lipinski definition) is 4. The van der Waals surface area contributed by atoms with Gasteiger partial charge in [-0.1, -0.05) is 35.9 Å². The van der Waals surface area contributed by atoms with Crippen molar-refractivity contribution in [2.45, 2.75) is 10.9 Å². The van der Waals surface area contributed by atoms with Crippen LogP contribution in [0.5, 0.6) is 5.75 Å². The SMILES string of the molecule is COc1ccccc1C1CNCCN1S(=O)(=O)c1cccc(Cl)c1. The van der Waals surface area contributed by atoms with Crippen molar-refractivity contribution in [2.24, 2.45) is 0 Å². The summed E-state index contributed by atoms with van der Waals surface area (Å²) in [5.41, 5.74) is 0.845.